The van der Waals surface area contributed by atoms with Crippen LogP contribution in [-0.4, -0.2) is 26.6 Å². The summed E-state index contributed by atoms with van der Waals surface area (Å²) in [6, 6.07) is 0. The lowest BCUT2D eigenvalue weighted by Crippen LogP contribution is -2.41. The number of nitrogens with one attached hydrogen (secondary N) is 3. The third-order valence-corrected chi connectivity index (χ3v) is 1.64. The molecule has 0 spiro atoms. The van der Waals surface area contributed by atoms with Crippen LogP contribution in [0.2, 0.25) is 0 Å². The minimum Gasteiger partial charge on any atom is -0.373 e. The lowest BCUT2D eigenvalue weighted by molar-refractivity contribution is 0.763. The van der Waals surface area contributed by atoms with Gasteiger partial charge in [0.25, 0.3) is 0 Å². The monoisotopic (exact) mass is 179 g/mol. The highest BCUT2D eigenvalue weighted by Gasteiger charge is 2.17. The Labute approximate surface area is 77.3 Å². The van der Waals surface area contributed by atoms with Crippen LogP contribution in [0.1, 0.15) is 0 Å². The fourth-order valence-corrected chi connectivity index (χ4v) is 1.06. The molecular weight excluding hydrogens is 166 g/mol. The molecule has 0 saturated carbocycles. The third kappa shape index (κ3) is 1.69. The molecule has 5 heteroatoms. The normalized spacial score (nSPS) is 19.5. The van der Waals surface area contributed by atoms with Gasteiger partial charge < -0.3 is 16.0 Å². The van der Waals surface area contributed by atoms with Gasteiger partial charge in [-0.2, -0.15) is 0 Å². The first kappa shape index (κ1) is 9.31. The van der Waals surface area contributed by atoms with Crippen molar-refractivity contribution < 1.29 is 0 Å². The topological polar surface area (TPSA) is 60.8 Å². The maximum absolute atomic E-state index is 4.02. The van der Waals surface area contributed by atoms with Crippen molar-refractivity contribution in [1.82, 2.24) is 16.0 Å². The van der Waals surface area contributed by atoms with E-state index in [-0.39, 0.29) is 0 Å². The van der Waals surface area contributed by atoms with Gasteiger partial charge in [0.15, 0.2) is 5.84 Å². The minimum atomic E-state index is 0.656. The molecule has 0 atom stereocenters. The molecule has 5 nitrogen and oxygen atoms in total. The van der Waals surface area contributed by atoms with Gasteiger partial charge >= 0.3 is 0 Å². The van der Waals surface area contributed by atoms with E-state index in [2.05, 4.69) is 39.2 Å². The summed E-state index contributed by atoms with van der Waals surface area (Å²) < 4.78 is 0. The second-order valence-corrected chi connectivity index (χ2v) is 2.43. The van der Waals surface area contributed by atoms with Gasteiger partial charge in [-0.25, -0.2) is 0 Å². The van der Waals surface area contributed by atoms with E-state index in [0.29, 0.717) is 17.4 Å². The average Bonchev–Trinajstić information content (AvgIpc) is 2.16. The lowest BCUT2D eigenvalue weighted by Gasteiger charge is -2.23. The van der Waals surface area contributed by atoms with Crippen LogP contribution in [0.15, 0.2) is 33.9 Å². The van der Waals surface area contributed by atoms with Crippen molar-refractivity contribution in [2.75, 3.05) is 14.1 Å². The molecule has 0 radical (unpaired) electrons. The fourth-order valence-electron chi connectivity index (χ4n) is 1.06. The smallest absolute Gasteiger partial charge is 0.156 e. The Bertz CT molecular complexity index is 300. The zero-order chi connectivity index (χ0) is 9.84. The highest BCUT2D eigenvalue weighted by atomic mass is 15.2. The van der Waals surface area contributed by atoms with Crippen molar-refractivity contribution in [2.45, 2.75) is 0 Å². The van der Waals surface area contributed by atoms with Crippen LogP contribution >= 0.6 is 0 Å². The predicted octanol–water partition coefficient (Wildman–Crippen LogP) is -0.232. The maximum atomic E-state index is 4.02. The molecule has 0 fully saturated rings. The first-order valence-corrected chi connectivity index (χ1v) is 3.81. The summed E-state index contributed by atoms with van der Waals surface area (Å²) in [5.41, 5.74) is 0.664. The molecule has 1 aliphatic heterocycles. The van der Waals surface area contributed by atoms with Crippen LogP contribution in [0, 0.1) is 0 Å². The number of nitrogens with zero attached hydrogens (tertiary/aromatic N) is 2. The van der Waals surface area contributed by atoms with Crippen molar-refractivity contribution in [3.05, 3.63) is 23.9 Å². The number of hydrogen-bond donors (Lipinski definition) is 3. The van der Waals surface area contributed by atoms with Crippen LogP contribution in [0.5, 0.6) is 0 Å². The standard InChI is InChI=1S/C8H13N5/c1-5-12-7(10-3)6(9-2)8(11-4)13-5/h10,12H,1-2H2,3-4H3,(H,11,13). The van der Waals surface area contributed by atoms with E-state index in [1.54, 1.807) is 14.1 Å². The Balaban J connectivity index is 3.13. The summed E-state index contributed by atoms with van der Waals surface area (Å²) in [7, 11) is 3.47. The van der Waals surface area contributed by atoms with Crippen LogP contribution < -0.4 is 16.0 Å². The quantitative estimate of drug-likeness (QED) is 0.513. The molecule has 1 heterocycles. The molecule has 1 rings (SSSR count). The second-order valence-electron chi connectivity index (χ2n) is 2.43. The molecule has 0 aliphatic carbocycles. The summed E-state index contributed by atoms with van der Waals surface area (Å²) >= 11 is 0. The largest absolute Gasteiger partial charge is 0.373 e. The Kier molecular flexibility index (Phi) is 2.69. The van der Waals surface area contributed by atoms with Gasteiger partial charge in [-0.1, -0.05) is 6.58 Å². The second kappa shape index (κ2) is 3.75. The molecule has 0 amide bonds. The van der Waals surface area contributed by atoms with Crippen molar-refractivity contribution >= 4 is 12.6 Å². The van der Waals surface area contributed by atoms with Gasteiger partial charge in [-0.05, 0) is 6.72 Å². The van der Waals surface area contributed by atoms with E-state index in [9.17, 15) is 0 Å². The first-order chi connectivity index (χ1) is 6.22. The lowest BCUT2D eigenvalue weighted by atomic mass is 10.3. The van der Waals surface area contributed by atoms with Crippen LogP contribution in [0.25, 0.3) is 0 Å². The van der Waals surface area contributed by atoms with Crippen LogP contribution in [0.3, 0.4) is 0 Å². The molecule has 0 unspecified atom stereocenters. The van der Waals surface area contributed by atoms with Gasteiger partial charge in [-0.3, -0.25) is 9.98 Å². The first-order valence-electron chi connectivity index (χ1n) is 3.81. The number of hydrogen-bond acceptors (Lipinski definition) is 4. The predicted molar refractivity (Wildman–Crippen MR) is 54.4 cm³/mol. The van der Waals surface area contributed by atoms with Gasteiger partial charge in [0.1, 0.15) is 17.3 Å². The maximum Gasteiger partial charge on any atom is 0.156 e. The number of rotatable bonds is 2. The highest BCUT2D eigenvalue weighted by molar-refractivity contribution is 6.01. The van der Waals surface area contributed by atoms with Gasteiger partial charge in [0.2, 0.25) is 0 Å². The molecular formula is C8H13N5. The molecule has 0 bridgehead atoms. The number of amidine groups is 1. The minimum absolute atomic E-state index is 0.656. The molecule has 1 aliphatic rings. The van der Waals surface area contributed by atoms with Crippen molar-refractivity contribution in [1.29, 1.82) is 0 Å². The average molecular weight is 179 g/mol. The SMILES string of the molecule is C=NC1=C(NC)NC(=C)NC1=NC. The Hall–Kier alpha value is -1.78. The Morgan fingerprint density at radius 3 is 2.54 bits per heavy atom. The van der Waals surface area contributed by atoms with Gasteiger partial charge in [0, 0.05) is 14.1 Å². The molecule has 3 N–H and O–H groups in total. The van der Waals surface area contributed by atoms with Gasteiger partial charge in [0.05, 0.1) is 0 Å². The van der Waals surface area contributed by atoms with E-state index in [0.717, 1.165) is 5.82 Å². The molecule has 0 aromatic carbocycles. The molecule has 0 aromatic heterocycles. The Morgan fingerprint density at radius 1 is 1.38 bits per heavy atom. The summed E-state index contributed by atoms with van der Waals surface area (Å²) in [5.74, 6) is 2.07. The van der Waals surface area contributed by atoms with Crippen molar-refractivity contribution in [3.63, 3.8) is 0 Å². The van der Waals surface area contributed by atoms with Crippen molar-refractivity contribution in [3.8, 4) is 0 Å². The van der Waals surface area contributed by atoms with E-state index < -0.39 is 0 Å². The highest BCUT2D eigenvalue weighted by Crippen LogP contribution is 2.08. The zero-order valence-corrected chi connectivity index (χ0v) is 7.81. The summed E-state index contributed by atoms with van der Waals surface area (Å²) in [6.45, 7) is 7.21. The van der Waals surface area contributed by atoms with E-state index >= 15 is 0 Å². The summed E-state index contributed by atoms with van der Waals surface area (Å²) in [6.07, 6.45) is 0. The van der Waals surface area contributed by atoms with E-state index in [1.165, 1.54) is 0 Å². The summed E-state index contributed by atoms with van der Waals surface area (Å²) in [5, 5.41) is 8.88. The van der Waals surface area contributed by atoms with Crippen LogP contribution in [-0.2, 0) is 0 Å². The van der Waals surface area contributed by atoms with Crippen LogP contribution in [0.4, 0.5) is 0 Å². The van der Waals surface area contributed by atoms with Gasteiger partial charge in [-0.15, -0.1) is 0 Å². The molecule has 70 valence electrons. The Morgan fingerprint density at radius 2 is 2.08 bits per heavy atom. The molecule has 0 aromatic rings. The zero-order valence-electron chi connectivity index (χ0n) is 7.81. The fraction of sp³-hybridized carbons (Fsp3) is 0.250. The molecule has 13 heavy (non-hydrogen) atoms. The molecule has 0 saturated heterocycles. The summed E-state index contributed by atoms with van der Waals surface area (Å²) in [4.78, 5) is 7.88. The number of aliphatic imine (C=N–C) groups is 2. The third-order valence-electron chi connectivity index (χ3n) is 1.64. The van der Waals surface area contributed by atoms with Crippen molar-refractivity contribution in [2.24, 2.45) is 9.98 Å². The van der Waals surface area contributed by atoms with E-state index in [1.807, 2.05) is 0 Å². The van der Waals surface area contributed by atoms with E-state index in [4.69, 9.17) is 0 Å².